The maximum atomic E-state index is 13.2. The van der Waals surface area contributed by atoms with Gasteiger partial charge in [-0.05, 0) is 36.4 Å². The number of anilines is 1. The van der Waals surface area contributed by atoms with Crippen LogP contribution in [0, 0.1) is 0 Å². The lowest BCUT2D eigenvalue weighted by molar-refractivity contribution is 0.0740. The zero-order valence-corrected chi connectivity index (χ0v) is 23.9. The number of halogens is 1. The Morgan fingerprint density at radius 2 is 1.68 bits per heavy atom. The highest BCUT2D eigenvalue weighted by Gasteiger charge is 2.26. The number of carbonyl (C=O) groups is 1. The highest BCUT2D eigenvalue weighted by Crippen LogP contribution is 2.33. The van der Waals surface area contributed by atoms with E-state index in [-0.39, 0.29) is 5.91 Å². The number of oxazole rings is 1. The van der Waals surface area contributed by atoms with Crippen molar-refractivity contribution >= 4 is 35.0 Å². The Labute approximate surface area is 246 Å². The first-order valence-corrected chi connectivity index (χ1v) is 14.5. The average molecular weight is 587 g/mol. The molecule has 3 heterocycles. The number of para-hydroxylation sites is 3. The number of methoxy groups -OCH3 is 1. The van der Waals surface area contributed by atoms with Gasteiger partial charge in [-0.1, -0.05) is 65.8 Å². The van der Waals surface area contributed by atoms with Gasteiger partial charge in [0.1, 0.15) is 12.0 Å². The van der Waals surface area contributed by atoms with Crippen molar-refractivity contribution in [2.24, 2.45) is 0 Å². The predicted molar refractivity (Wildman–Crippen MR) is 159 cm³/mol. The zero-order chi connectivity index (χ0) is 28.2. The Bertz CT molecular complexity index is 1650. The van der Waals surface area contributed by atoms with Gasteiger partial charge in [0.2, 0.25) is 5.89 Å². The largest absolute Gasteiger partial charge is 0.495 e. The summed E-state index contributed by atoms with van der Waals surface area (Å²) < 4.78 is 13.1. The molecule has 208 valence electrons. The Morgan fingerprint density at radius 1 is 0.951 bits per heavy atom. The van der Waals surface area contributed by atoms with Gasteiger partial charge >= 0.3 is 0 Å². The molecule has 3 aromatic carbocycles. The van der Waals surface area contributed by atoms with Crippen molar-refractivity contribution in [1.82, 2.24) is 24.6 Å². The molecule has 0 unspecified atom stereocenters. The summed E-state index contributed by atoms with van der Waals surface area (Å²) in [7, 11) is 1.67. The SMILES string of the molecule is COc1ccccc1N1CCN(C(=O)c2coc(CSc3nnc(-c4ccccc4Cl)n3-c3ccccc3)n2)CC1. The molecule has 0 N–H and O–H groups in total. The van der Waals surface area contributed by atoms with Crippen LogP contribution >= 0.6 is 23.4 Å². The van der Waals surface area contributed by atoms with Crippen molar-refractivity contribution in [3.8, 4) is 22.8 Å². The fourth-order valence-electron chi connectivity index (χ4n) is 4.80. The summed E-state index contributed by atoms with van der Waals surface area (Å²) in [6.45, 7) is 2.57. The molecule has 1 aliphatic heterocycles. The third-order valence-corrected chi connectivity index (χ3v) is 8.09. The number of hydrogen-bond acceptors (Lipinski definition) is 8. The molecule has 2 aromatic heterocycles. The number of rotatable bonds is 8. The lowest BCUT2D eigenvalue weighted by Gasteiger charge is -2.36. The molecule has 0 bridgehead atoms. The Kier molecular flexibility index (Phi) is 7.93. The van der Waals surface area contributed by atoms with Gasteiger partial charge in [0.05, 0.1) is 23.6 Å². The van der Waals surface area contributed by atoms with Crippen LogP contribution in [0.4, 0.5) is 5.69 Å². The van der Waals surface area contributed by atoms with E-state index in [0.29, 0.717) is 59.5 Å². The quantitative estimate of drug-likeness (QED) is 0.210. The summed E-state index contributed by atoms with van der Waals surface area (Å²) in [4.78, 5) is 21.7. The van der Waals surface area contributed by atoms with E-state index >= 15 is 0 Å². The average Bonchev–Trinajstić information content (AvgIpc) is 3.68. The maximum Gasteiger partial charge on any atom is 0.275 e. The van der Waals surface area contributed by atoms with Crippen molar-refractivity contribution in [1.29, 1.82) is 0 Å². The van der Waals surface area contributed by atoms with E-state index in [4.69, 9.17) is 20.8 Å². The molecular formula is C30H27ClN6O3S. The van der Waals surface area contributed by atoms with Crippen molar-refractivity contribution in [3.05, 3.63) is 102 Å². The molecule has 1 aliphatic rings. The van der Waals surface area contributed by atoms with Gasteiger partial charge in [0, 0.05) is 37.4 Å². The van der Waals surface area contributed by atoms with Crippen molar-refractivity contribution in [2.75, 3.05) is 38.2 Å². The molecule has 9 nitrogen and oxygen atoms in total. The number of benzene rings is 3. The van der Waals surface area contributed by atoms with E-state index in [1.165, 1.54) is 18.0 Å². The Hall–Kier alpha value is -4.28. The summed E-state index contributed by atoms with van der Waals surface area (Å²) in [6, 6.07) is 25.3. The lowest BCUT2D eigenvalue weighted by atomic mass is 10.2. The summed E-state index contributed by atoms with van der Waals surface area (Å²) >= 11 is 7.92. The van der Waals surface area contributed by atoms with E-state index in [1.54, 1.807) is 7.11 Å². The molecule has 1 saturated heterocycles. The molecule has 6 rings (SSSR count). The van der Waals surface area contributed by atoms with Crippen LogP contribution in [0.1, 0.15) is 16.4 Å². The summed E-state index contributed by atoms with van der Waals surface area (Å²) in [5, 5.41) is 10.1. The van der Waals surface area contributed by atoms with Crippen molar-refractivity contribution in [3.63, 3.8) is 0 Å². The monoisotopic (exact) mass is 586 g/mol. The predicted octanol–water partition coefficient (Wildman–Crippen LogP) is 5.84. The standard InChI is InChI=1S/C30H27ClN6O3S/c1-39-26-14-8-7-13-25(26)35-15-17-36(18-16-35)29(38)24-19-40-27(32-24)20-41-30-34-33-28(22-11-5-6-12-23(22)31)37(30)21-9-3-2-4-10-21/h2-14,19H,15-18,20H2,1H3. The molecule has 11 heteroatoms. The topological polar surface area (TPSA) is 89.5 Å². The molecule has 41 heavy (non-hydrogen) atoms. The second-order valence-electron chi connectivity index (χ2n) is 9.32. The molecule has 1 amide bonds. The van der Waals surface area contributed by atoms with Crippen molar-refractivity contribution < 1.29 is 13.9 Å². The molecule has 5 aromatic rings. The van der Waals surface area contributed by atoms with Crippen molar-refractivity contribution in [2.45, 2.75) is 10.9 Å². The van der Waals surface area contributed by atoms with Gasteiger partial charge in [-0.3, -0.25) is 9.36 Å². The number of piperazine rings is 1. The van der Waals surface area contributed by atoms with Gasteiger partial charge in [0.15, 0.2) is 16.7 Å². The highest BCUT2D eigenvalue weighted by molar-refractivity contribution is 7.98. The van der Waals surface area contributed by atoms with E-state index in [2.05, 4.69) is 20.1 Å². The van der Waals surface area contributed by atoms with Crippen LogP contribution in [0.3, 0.4) is 0 Å². The minimum Gasteiger partial charge on any atom is -0.495 e. The first kappa shape index (κ1) is 26.9. The van der Waals surface area contributed by atoms with Crippen LogP contribution in [0.25, 0.3) is 17.1 Å². The molecule has 0 saturated carbocycles. The van der Waals surface area contributed by atoms with Gasteiger partial charge in [-0.25, -0.2) is 4.98 Å². The van der Waals surface area contributed by atoms with Gasteiger partial charge in [-0.2, -0.15) is 0 Å². The van der Waals surface area contributed by atoms with Crippen LogP contribution in [0.15, 0.2) is 94.7 Å². The molecular weight excluding hydrogens is 560 g/mol. The first-order chi connectivity index (χ1) is 20.1. The molecule has 0 spiro atoms. The molecule has 1 fully saturated rings. The van der Waals surface area contributed by atoms with Crippen LogP contribution in [0.5, 0.6) is 5.75 Å². The number of amides is 1. The first-order valence-electron chi connectivity index (χ1n) is 13.1. The zero-order valence-electron chi connectivity index (χ0n) is 22.3. The molecule has 0 aliphatic carbocycles. The van der Waals surface area contributed by atoms with Crippen LogP contribution in [-0.4, -0.2) is 63.8 Å². The summed E-state index contributed by atoms with van der Waals surface area (Å²) in [6.07, 6.45) is 1.43. The Morgan fingerprint density at radius 3 is 2.46 bits per heavy atom. The van der Waals surface area contributed by atoms with E-state index < -0.39 is 0 Å². The number of nitrogens with zero attached hydrogens (tertiary/aromatic N) is 6. The number of thioether (sulfide) groups is 1. The van der Waals surface area contributed by atoms with E-state index in [9.17, 15) is 4.79 Å². The number of aromatic nitrogens is 4. The number of ether oxygens (including phenoxy) is 1. The molecule has 0 atom stereocenters. The fraction of sp³-hybridized carbons (Fsp3) is 0.200. The van der Waals surface area contributed by atoms with Crippen LogP contribution < -0.4 is 9.64 Å². The smallest absolute Gasteiger partial charge is 0.275 e. The van der Waals surface area contributed by atoms with Gasteiger partial charge < -0.3 is 19.0 Å². The van der Waals surface area contributed by atoms with Crippen LogP contribution in [0.2, 0.25) is 5.02 Å². The highest BCUT2D eigenvalue weighted by atomic mass is 35.5. The number of hydrogen-bond donors (Lipinski definition) is 0. The second-order valence-corrected chi connectivity index (χ2v) is 10.7. The summed E-state index contributed by atoms with van der Waals surface area (Å²) in [5.74, 6) is 2.14. The second kappa shape index (κ2) is 12.1. The number of carbonyl (C=O) groups excluding carboxylic acids is 1. The van der Waals surface area contributed by atoms with E-state index in [0.717, 1.165) is 22.7 Å². The maximum absolute atomic E-state index is 13.2. The summed E-state index contributed by atoms with van der Waals surface area (Å²) in [5.41, 5.74) is 3.02. The third-order valence-electron chi connectivity index (χ3n) is 6.85. The minimum absolute atomic E-state index is 0.141. The minimum atomic E-state index is -0.141. The van der Waals surface area contributed by atoms with Gasteiger partial charge in [0.25, 0.3) is 5.91 Å². The Balaban J connectivity index is 1.14. The van der Waals surface area contributed by atoms with Gasteiger partial charge in [-0.15, -0.1) is 10.2 Å². The van der Waals surface area contributed by atoms with Crippen LogP contribution in [-0.2, 0) is 5.75 Å². The molecule has 0 radical (unpaired) electrons. The fourth-order valence-corrected chi connectivity index (χ4v) is 5.82. The van der Waals surface area contributed by atoms with E-state index in [1.807, 2.05) is 88.3 Å². The normalized spacial score (nSPS) is 13.4. The lowest BCUT2D eigenvalue weighted by Crippen LogP contribution is -2.49. The third kappa shape index (κ3) is 5.66.